The monoisotopic (exact) mass is 179 g/mol. The molecule has 0 saturated heterocycles. The first-order valence-corrected chi connectivity index (χ1v) is 3.90. The highest BCUT2D eigenvalue weighted by Gasteiger charge is 2.33. The van der Waals surface area contributed by atoms with E-state index >= 15 is 0 Å². The van der Waals surface area contributed by atoms with Gasteiger partial charge in [0.1, 0.15) is 6.07 Å². The fourth-order valence-electron chi connectivity index (χ4n) is 1.00. The van der Waals surface area contributed by atoms with E-state index in [4.69, 9.17) is 5.26 Å². The van der Waals surface area contributed by atoms with Crippen molar-refractivity contribution in [1.82, 2.24) is 0 Å². The van der Waals surface area contributed by atoms with Gasteiger partial charge in [-0.15, -0.1) is 0 Å². The van der Waals surface area contributed by atoms with Crippen LogP contribution in [0.3, 0.4) is 0 Å². The average molecular weight is 179 g/mol. The van der Waals surface area contributed by atoms with Gasteiger partial charge in [-0.3, -0.25) is 0 Å². The molecule has 0 amide bonds. The Balaban J connectivity index is 2.94. The highest BCUT2D eigenvalue weighted by atomic mass is 19.1. The first-order chi connectivity index (χ1) is 6.08. The van der Waals surface area contributed by atoms with Gasteiger partial charge in [0.2, 0.25) is 0 Å². The molecule has 1 N–H and O–H groups in total. The van der Waals surface area contributed by atoms with Crippen LogP contribution < -0.4 is 0 Å². The van der Waals surface area contributed by atoms with Gasteiger partial charge >= 0.3 is 0 Å². The molecule has 1 aromatic carbocycles. The summed E-state index contributed by atoms with van der Waals surface area (Å²) in [6.45, 7) is 1.16. The highest BCUT2D eigenvalue weighted by molar-refractivity contribution is 5.23. The first-order valence-electron chi connectivity index (χ1n) is 3.90. The molecule has 3 heteroatoms. The van der Waals surface area contributed by atoms with E-state index < -0.39 is 11.8 Å². The predicted molar refractivity (Wildman–Crippen MR) is 46.5 cm³/mol. The van der Waals surface area contributed by atoms with Crippen molar-refractivity contribution in [2.75, 3.05) is 0 Å². The molecule has 0 saturated carbocycles. The van der Waals surface area contributed by atoms with E-state index in [-0.39, 0.29) is 0 Å². The summed E-state index contributed by atoms with van der Waals surface area (Å²) < 4.78 is 13.4. The third-order valence-corrected chi connectivity index (χ3v) is 1.81. The van der Waals surface area contributed by atoms with Crippen molar-refractivity contribution in [2.24, 2.45) is 0 Å². The summed E-state index contributed by atoms with van der Waals surface area (Å²) in [5.41, 5.74) is -1.64. The molecule has 0 aromatic heterocycles. The number of alkyl halides is 1. The van der Waals surface area contributed by atoms with Crippen LogP contribution in [0.15, 0.2) is 30.3 Å². The van der Waals surface area contributed by atoms with E-state index in [1.807, 2.05) is 0 Å². The van der Waals surface area contributed by atoms with Crippen LogP contribution in [-0.4, -0.2) is 10.7 Å². The Kier molecular flexibility index (Phi) is 2.64. The smallest absolute Gasteiger partial charge is 0.183 e. The Bertz CT molecular complexity index is 315. The van der Waals surface area contributed by atoms with Crippen LogP contribution >= 0.6 is 0 Å². The summed E-state index contributed by atoms with van der Waals surface area (Å²) in [6, 6.07) is 9.67. The quantitative estimate of drug-likeness (QED) is 0.705. The van der Waals surface area contributed by atoms with E-state index in [1.165, 1.54) is 18.2 Å². The Morgan fingerprint density at radius 2 is 2.00 bits per heavy atom. The Morgan fingerprint density at radius 1 is 1.46 bits per heavy atom. The molecule has 0 spiro atoms. The van der Waals surface area contributed by atoms with Gasteiger partial charge in [-0.05, 0) is 12.5 Å². The van der Waals surface area contributed by atoms with E-state index in [1.54, 1.807) is 18.2 Å². The van der Waals surface area contributed by atoms with Gasteiger partial charge in [0.05, 0.1) is 0 Å². The Labute approximate surface area is 76.2 Å². The van der Waals surface area contributed by atoms with Gasteiger partial charge in [0.15, 0.2) is 11.8 Å². The molecule has 1 rings (SSSR count). The minimum absolute atomic E-state index is 0.314. The maximum absolute atomic E-state index is 13.4. The Morgan fingerprint density at radius 3 is 2.46 bits per heavy atom. The summed E-state index contributed by atoms with van der Waals surface area (Å²) >= 11 is 0. The van der Waals surface area contributed by atoms with Crippen molar-refractivity contribution >= 4 is 0 Å². The van der Waals surface area contributed by atoms with Crippen LogP contribution in [0.2, 0.25) is 0 Å². The highest BCUT2D eigenvalue weighted by Crippen LogP contribution is 2.28. The van der Waals surface area contributed by atoms with Gasteiger partial charge in [-0.2, -0.15) is 5.26 Å². The zero-order chi connectivity index (χ0) is 9.90. The second kappa shape index (κ2) is 3.55. The third kappa shape index (κ3) is 2.04. The average Bonchev–Trinajstić information content (AvgIpc) is 2.18. The van der Waals surface area contributed by atoms with Crippen molar-refractivity contribution in [2.45, 2.75) is 18.7 Å². The molecule has 0 unspecified atom stereocenters. The second-order valence-electron chi connectivity index (χ2n) is 3.03. The maximum atomic E-state index is 13.4. The SMILES string of the molecule is C[C@@](O)(C#N)[C@@H](F)c1ccccc1. The van der Waals surface area contributed by atoms with Crippen LogP contribution in [0.1, 0.15) is 18.7 Å². The standard InChI is InChI=1S/C10H10FNO/c1-10(13,7-12)9(11)8-5-3-2-4-6-8/h2-6,9,13H,1H3/t9-,10+/m0/s1. The van der Waals surface area contributed by atoms with Crippen molar-refractivity contribution in [3.63, 3.8) is 0 Å². The normalized spacial score (nSPS) is 17.1. The summed E-state index contributed by atoms with van der Waals surface area (Å²) in [4.78, 5) is 0. The van der Waals surface area contributed by atoms with Crippen LogP contribution in [0, 0.1) is 11.3 Å². The van der Waals surface area contributed by atoms with Crippen molar-refractivity contribution < 1.29 is 9.50 Å². The predicted octanol–water partition coefficient (Wildman–Crippen LogP) is 1.97. The fourth-order valence-corrected chi connectivity index (χ4v) is 1.00. The zero-order valence-corrected chi connectivity index (χ0v) is 7.24. The van der Waals surface area contributed by atoms with Gasteiger partial charge in [0.25, 0.3) is 0 Å². The molecule has 13 heavy (non-hydrogen) atoms. The third-order valence-electron chi connectivity index (χ3n) is 1.81. The first kappa shape index (κ1) is 9.69. The molecule has 0 aliphatic carbocycles. The summed E-state index contributed by atoms with van der Waals surface area (Å²) in [5, 5.41) is 17.8. The number of nitriles is 1. The minimum Gasteiger partial charge on any atom is -0.373 e. The topological polar surface area (TPSA) is 44.0 Å². The summed E-state index contributed by atoms with van der Waals surface area (Å²) in [5.74, 6) is 0. The van der Waals surface area contributed by atoms with Crippen LogP contribution in [0.4, 0.5) is 4.39 Å². The number of halogens is 1. The zero-order valence-electron chi connectivity index (χ0n) is 7.24. The molecule has 0 aliphatic heterocycles. The lowest BCUT2D eigenvalue weighted by Crippen LogP contribution is -2.27. The largest absolute Gasteiger partial charge is 0.373 e. The lowest BCUT2D eigenvalue weighted by atomic mass is 9.96. The lowest BCUT2D eigenvalue weighted by molar-refractivity contribution is 0.0290. The van der Waals surface area contributed by atoms with Gasteiger partial charge < -0.3 is 5.11 Å². The maximum Gasteiger partial charge on any atom is 0.183 e. The number of rotatable bonds is 2. The van der Waals surface area contributed by atoms with E-state index in [2.05, 4.69) is 0 Å². The number of hydrogen-bond acceptors (Lipinski definition) is 2. The van der Waals surface area contributed by atoms with E-state index in [9.17, 15) is 9.50 Å². The summed E-state index contributed by atoms with van der Waals surface area (Å²) in [6.07, 6.45) is -1.67. The molecule has 1 aromatic rings. The number of nitrogens with zero attached hydrogens (tertiary/aromatic N) is 1. The molecular formula is C10H10FNO. The number of benzene rings is 1. The lowest BCUT2D eigenvalue weighted by Gasteiger charge is -2.19. The molecule has 0 bridgehead atoms. The molecule has 0 radical (unpaired) electrons. The minimum atomic E-state index is -1.96. The molecule has 2 atom stereocenters. The van der Waals surface area contributed by atoms with Crippen LogP contribution in [-0.2, 0) is 0 Å². The van der Waals surface area contributed by atoms with E-state index in [0.29, 0.717) is 5.56 Å². The molecule has 0 heterocycles. The fraction of sp³-hybridized carbons (Fsp3) is 0.300. The van der Waals surface area contributed by atoms with Gasteiger partial charge in [-0.25, -0.2) is 4.39 Å². The number of hydrogen-bond donors (Lipinski definition) is 1. The summed E-state index contributed by atoms with van der Waals surface area (Å²) in [7, 11) is 0. The van der Waals surface area contributed by atoms with Gasteiger partial charge in [-0.1, -0.05) is 30.3 Å². The van der Waals surface area contributed by atoms with Crippen LogP contribution in [0.25, 0.3) is 0 Å². The van der Waals surface area contributed by atoms with E-state index in [0.717, 1.165) is 6.92 Å². The second-order valence-corrected chi connectivity index (χ2v) is 3.03. The van der Waals surface area contributed by atoms with Crippen molar-refractivity contribution in [3.8, 4) is 6.07 Å². The molecular weight excluding hydrogens is 169 g/mol. The van der Waals surface area contributed by atoms with Crippen molar-refractivity contribution in [3.05, 3.63) is 35.9 Å². The molecule has 68 valence electrons. The molecule has 2 nitrogen and oxygen atoms in total. The van der Waals surface area contributed by atoms with Crippen LogP contribution in [0.5, 0.6) is 0 Å². The van der Waals surface area contributed by atoms with Gasteiger partial charge in [0, 0.05) is 0 Å². The molecule has 0 fully saturated rings. The molecule has 0 aliphatic rings. The Hall–Kier alpha value is -1.40. The number of aliphatic hydroxyl groups is 1. The van der Waals surface area contributed by atoms with Crippen molar-refractivity contribution in [1.29, 1.82) is 5.26 Å².